The molecule has 0 fully saturated rings. The van der Waals surface area contributed by atoms with E-state index in [0.29, 0.717) is 12.1 Å². The maximum Gasteiger partial charge on any atom is 0.232 e. The van der Waals surface area contributed by atoms with E-state index < -0.39 is 10.0 Å². The van der Waals surface area contributed by atoms with E-state index in [1.54, 1.807) is 6.07 Å². The number of hydrogen-bond donors (Lipinski definition) is 2. The zero-order valence-corrected chi connectivity index (χ0v) is 12.1. The zero-order valence-electron chi connectivity index (χ0n) is 11.3. The number of anilines is 1. The first kappa shape index (κ1) is 15.0. The summed E-state index contributed by atoms with van der Waals surface area (Å²) < 4.78 is 26.4. The van der Waals surface area contributed by atoms with Crippen molar-refractivity contribution in [1.82, 2.24) is 5.32 Å². The quantitative estimate of drug-likeness (QED) is 0.746. The van der Waals surface area contributed by atoms with Crippen molar-refractivity contribution in [2.45, 2.75) is 26.7 Å². The van der Waals surface area contributed by atoms with Crippen LogP contribution < -0.4 is 10.0 Å². The minimum Gasteiger partial charge on any atom is -0.320 e. The second kappa shape index (κ2) is 6.75. The van der Waals surface area contributed by atoms with Gasteiger partial charge >= 0.3 is 0 Å². The lowest BCUT2D eigenvalue weighted by molar-refractivity contribution is 0.595. The normalized spacial score (nSPS) is 11.5. The van der Waals surface area contributed by atoms with Crippen LogP contribution in [0.2, 0.25) is 0 Å². The fraction of sp³-hybridized carbons (Fsp3) is 0.538. The summed E-state index contributed by atoms with van der Waals surface area (Å²) in [6.45, 7) is 4.74. The summed E-state index contributed by atoms with van der Waals surface area (Å²) in [6.07, 6.45) is 1.53. The molecule has 0 aliphatic rings. The molecular formula is C13H22N2O2S. The number of rotatable bonds is 7. The van der Waals surface area contributed by atoms with Gasteiger partial charge in [0.15, 0.2) is 0 Å². The van der Waals surface area contributed by atoms with Crippen LogP contribution in [-0.2, 0) is 10.0 Å². The van der Waals surface area contributed by atoms with Crippen LogP contribution in [-0.4, -0.2) is 27.8 Å². The molecule has 0 radical (unpaired) electrons. The van der Waals surface area contributed by atoms with E-state index in [4.69, 9.17) is 0 Å². The van der Waals surface area contributed by atoms with Crippen LogP contribution in [0.5, 0.6) is 0 Å². The molecule has 0 bridgehead atoms. The van der Waals surface area contributed by atoms with Crippen molar-refractivity contribution in [3.63, 3.8) is 0 Å². The van der Waals surface area contributed by atoms with Gasteiger partial charge < -0.3 is 5.32 Å². The van der Waals surface area contributed by atoms with Crippen molar-refractivity contribution >= 4 is 15.7 Å². The number of hydrogen-bond acceptors (Lipinski definition) is 3. The Kier molecular flexibility index (Phi) is 5.62. The Bertz CT molecular complexity index is 484. The highest BCUT2D eigenvalue weighted by Gasteiger charge is 2.11. The minimum absolute atomic E-state index is 0.169. The van der Waals surface area contributed by atoms with Gasteiger partial charge in [-0.05, 0) is 57.5 Å². The van der Waals surface area contributed by atoms with Crippen molar-refractivity contribution in [1.29, 1.82) is 0 Å². The summed E-state index contributed by atoms with van der Waals surface area (Å²) in [5.41, 5.74) is 2.75. The molecule has 1 aromatic carbocycles. The molecule has 0 atom stereocenters. The Morgan fingerprint density at radius 2 is 1.89 bits per heavy atom. The first-order valence-corrected chi connectivity index (χ1v) is 7.83. The van der Waals surface area contributed by atoms with Crippen molar-refractivity contribution in [3.05, 3.63) is 29.3 Å². The Morgan fingerprint density at radius 1 is 1.17 bits per heavy atom. The molecule has 0 aliphatic heterocycles. The third-order valence-corrected chi connectivity index (χ3v) is 4.32. The van der Waals surface area contributed by atoms with Gasteiger partial charge in [-0.1, -0.05) is 12.1 Å². The molecule has 1 aromatic rings. The molecular weight excluding hydrogens is 248 g/mol. The predicted molar refractivity (Wildman–Crippen MR) is 76.5 cm³/mol. The Labute approximate surface area is 110 Å². The number of nitrogens with one attached hydrogen (secondary N) is 2. The average Bonchev–Trinajstić information content (AvgIpc) is 2.31. The molecule has 0 heterocycles. The topological polar surface area (TPSA) is 58.2 Å². The summed E-state index contributed by atoms with van der Waals surface area (Å²) in [6, 6.07) is 5.63. The van der Waals surface area contributed by atoms with Gasteiger partial charge in [-0.25, -0.2) is 8.42 Å². The third kappa shape index (κ3) is 4.66. The summed E-state index contributed by atoms with van der Waals surface area (Å²) in [5, 5.41) is 3.00. The van der Waals surface area contributed by atoms with Gasteiger partial charge in [0.1, 0.15) is 0 Å². The molecule has 18 heavy (non-hydrogen) atoms. The van der Waals surface area contributed by atoms with E-state index in [-0.39, 0.29) is 5.75 Å². The fourth-order valence-corrected chi connectivity index (χ4v) is 2.92. The lowest BCUT2D eigenvalue weighted by Crippen LogP contribution is -2.18. The van der Waals surface area contributed by atoms with E-state index in [1.807, 2.05) is 33.0 Å². The second-order valence-electron chi connectivity index (χ2n) is 4.48. The summed E-state index contributed by atoms with van der Waals surface area (Å²) >= 11 is 0. The van der Waals surface area contributed by atoms with E-state index in [0.717, 1.165) is 24.1 Å². The highest BCUT2D eigenvalue weighted by Crippen LogP contribution is 2.19. The maximum atomic E-state index is 11.9. The molecule has 0 saturated carbocycles. The van der Waals surface area contributed by atoms with E-state index >= 15 is 0 Å². The van der Waals surface area contributed by atoms with Gasteiger partial charge in [0.2, 0.25) is 10.0 Å². The highest BCUT2D eigenvalue weighted by molar-refractivity contribution is 7.92. The van der Waals surface area contributed by atoms with Gasteiger partial charge in [-0.15, -0.1) is 0 Å². The Morgan fingerprint density at radius 3 is 2.56 bits per heavy atom. The van der Waals surface area contributed by atoms with Crippen molar-refractivity contribution in [2.24, 2.45) is 0 Å². The van der Waals surface area contributed by atoms with Gasteiger partial charge in [-0.3, -0.25) is 4.72 Å². The minimum atomic E-state index is -3.23. The molecule has 0 spiro atoms. The lowest BCUT2D eigenvalue weighted by atomic mass is 10.1. The Hall–Kier alpha value is -1.07. The summed E-state index contributed by atoms with van der Waals surface area (Å²) in [7, 11) is -1.37. The van der Waals surface area contributed by atoms with Crippen LogP contribution in [0.25, 0.3) is 0 Å². The lowest BCUT2D eigenvalue weighted by Gasteiger charge is -2.12. The monoisotopic (exact) mass is 270 g/mol. The zero-order chi connectivity index (χ0) is 13.6. The van der Waals surface area contributed by atoms with Gasteiger partial charge in [0.05, 0.1) is 11.4 Å². The van der Waals surface area contributed by atoms with Crippen LogP contribution in [0.3, 0.4) is 0 Å². The molecule has 4 nitrogen and oxygen atoms in total. The van der Waals surface area contributed by atoms with Gasteiger partial charge in [-0.2, -0.15) is 0 Å². The van der Waals surface area contributed by atoms with Crippen molar-refractivity contribution in [3.8, 4) is 0 Å². The smallest absolute Gasteiger partial charge is 0.232 e. The number of sulfonamides is 1. The maximum absolute atomic E-state index is 11.9. The molecule has 0 aromatic heterocycles. The number of aryl methyl sites for hydroxylation is 1. The van der Waals surface area contributed by atoms with E-state index in [2.05, 4.69) is 10.0 Å². The molecule has 0 saturated heterocycles. The first-order chi connectivity index (χ1) is 8.46. The SMILES string of the molecule is CNCCCCS(=O)(=O)Nc1cccc(C)c1C. The number of unbranched alkanes of at least 4 members (excludes halogenated alkanes) is 1. The highest BCUT2D eigenvalue weighted by atomic mass is 32.2. The third-order valence-electron chi connectivity index (χ3n) is 2.96. The molecule has 102 valence electrons. The molecule has 5 heteroatoms. The van der Waals surface area contributed by atoms with Crippen LogP contribution in [0.4, 0.5) is 5.69 Å². The summed E-state index contributed by atoms with van der Waals surface area (Å²) in [4.78, 5) is 0. The van der Waals surface area contributed by atoms with Crippen LogP contribution in [0.15, 0.2) is 18.2 Å². The molecule has 1 rings (SSSR count). The van der Waals surface area contributed by atoms with Crippen LogP contribution in [0, 0.1) is 13.8 Å². The van der Waals surface area contributed by atoms with E-state index in [9.17, 15) is 8.42 Å². The van der Waals surface area contributed by atoms with Crippen molar-refractivity contribution in [2.75, 3.05) is 24.1 Å². The summed E-state index contributed by atoms with van der Waals surface area (Å²) in [5.74, 6) is 0.169. The fourth-order valence-electron chi connectivity index (χ4n) is 1.67. The van der Waals surface area contributed by atoms with Gasteiger partial charge in [0, 0.05) is 0 Å². The molecule has 0 unspecified atom stereocenters. The average molecular weight is 270 g/mol. The number of benzene rings is 1. The standard InChI is InChI=1S/C13H22N2O2S/c1-11-7-6-8-13(12(11)2)15-18(16,17)10-5-4-9-14-3/h6-8,14-15H,4-5,9-10H2,1-3H3. The largest absolute Gasteiger partial charge is 0.320 e. The molecule has 0 amide bonds. The first-order valence-electron chi connectivity index (χ1n) is 6.17. The van der Waals surface area contributed by atoms with Gasteiger partial charge in [0.25, 0.3) is 0 Å². The molecule has 2 N–H and O–H groups in total. The van der Waals surface area contributed by atoms with Crippen molar-refractivity contribution < 1.29 is 8.42 Å². The van der Waals surface area contributed by atoms with Crippen LogP contribution >= 0.6 is 0 Å². The second-order valence-corrected chi connectivity index (χ2v) is 6.32. The predicted octanol–water partition coefficient (Wildman–Crippen LogP) is 2.04. The Balaban J connectivity index is 2.62. The van der Waals surface area contributed by atoms with E-state index in [1.165, 1.54) is 0 Å². The van der Waals surface area contributed by atoms with Crippen LogP contribution in [0.1, 0.15) is 24.0 Å². The molecule has 0 aliphatic carbocycles.